The molecule has 0 saturated heterocycles. The van der Waals surface area contributed by atoms with Crippen LogP contribution in [-0.2, 0) is 0 Å². The van der Waals surface area contributed by atoms with Crippen LogP contribution in [0.2, 0.25) is 25.7 Å². The Hall–Kier alpha value is -0.0431. The van der Waals surface area contributed by atoms with E-state index in [1.165, 1.54) is 51.0 Å². The summed E-state index contributed by atoms with van der Waals surface area (Å²) in [5, 5.41) is 0. The normalized spacial score (nSPS) is 12.5. The summed E-state index contributed by atoms with van der Waals surface area (Å²) in [6.45, 7) is 9.57. The molecular formula is C14H30Si. The molecule has 0 aliphatic carbocycles. The Morgan fingerprint density at radius 3 is 2.00 bits per heavy atom. The van der Waals surface area contributed by atoms with Gasteiger partial charge in [0.25, 0.3) is 0 Å². The molecule has 0 aliphatic heterocycles. The fraction of sp³-hybridized carbons (Fsp3) is 0.857. The summed E-state index contributed by atoms with van der Waals surface area (Å²) in [4.78, 5) is 0. The maximum Gasteiger partial charge on any atom is 0.0480 e. The van der Waals surface area contributed by atoms with Gasteiger partial charge in [0, 0.05) is 8.07 Å². The van der Waals surface area contributed by atoms with Gasteiger partial charge < -0.3 is 0 Å². The smallest absolute Gasteiger partial charge is 0.0480 e. The van der Waals surface area contributed by atoms with Crippen molar-refractivity contribution >= 4 is 8.07 Å². The van der Waals surface area contributed by atoms with Crippen molar-refractivity contribution in [3.05, 3.63) is 12.2 Å². The summed E-state index contributed by atoms with van der Waals surface area (Å²) in [6, 6.07) is 1.35. The zero-order valence-corrected chi connectivity index (χ0v) is 12.3. The lowest BCUT2D eigenvalue weighted by Gasteiger charge is -2.11. The van der Waals surface area contributed by atoms with E-state index >= 15 is 0 Å². The molecule has 15 heavy (non-hydrogen) atoms. The van der Waals surface area contributed by atoms with Gasteiger partial charge in [-0.1, -0.05) is 70.8 Å². The number of rotatable bonds is 9. The molecule has 0 aromatic carbocycles. The average Bonchev–Trinajstić information content (AvgIpc) is 2.14. The van der Waals surface area contributed by atoms with E-state index in [1.807, 2.05) is 0 Å². The molecule has 0 amide bonds. The lowest BCUT2D eigenvalue weighted by Crippen LogP contribution is -2.17. The van der Waals surface area contributed by atoms with Crippen LogP contribution >= 0.6 is 0 Å². The predicted molar refractivity (Wildman–Crippen MR) is 75.3 cm³/mol. The molecule has 1 heteroatoms. The van der Waals surface area contributed by atoms with Crippen LogP contribution in [0.4, 0.5) is 0 Å². The third kappa shape index (κ3) is 14.0. The molecule has 0 radical (unpaired) electrons. The van der Waals surface area contributed by atoms with E-state index in [1.54, 1.807) is 0 Å². The minimum Gasteiger partial charge on any atom is -0.0912 e. The minimum absolute atomic E-state index is 0.830. The van der Waals surface area contributed by atoms with E-state index in [0.717, 1.165) is 0 Å². The highest BCUT2D eigenvalue weighted by Gasteiger charge is 2.08. The summed E-state index contributed by atoms with van der Waals surface area (Å²) in [5.41, 5.74) is 0. The van der Waals surface area contributed by atoms with E-state index in [4.69, 9.17) is 0 Å². The summed E-state index contributed by atoms with van der Waals surface area (Å²) in [6.07, 6.45) is 14.6. The molecule has 0 heterocycles. The van der Waals surface area contributed by atoms with Crippen molar-refractivity contribution in [1.29, 1.82) is 0 Å². The van der Waals surface area contributed by atoms with Crippen LogP contribution in [-0.4, -0.2) is 8.07 Å². The van der Waals surface area contributed by atoms with Crippen molar-refractivity contribution in [2.75, 3.05) is 0 Å². The van der Waals surface area contributed by atoms with Crippen molar-refractivity contribution in [3.63, 3.8) is 0 Å². The van der Waals surface area contributed by atoms with Gasteiger partial charge in [0.2, 0.25) is 0 Å². The second-order valence-electron chi connectivity index (χ2n) is 5.79. The highest BCUT2D eigenvalue weighted by Crippen LogP contribution is 2.10. The van der Waals surface area contributed by atoms with Gasteiger partial charge in [0.05, 0.1) is 0 Å². The van der Waals surface area contributed by atoms with Crippen LogP contribution in [0, 0.1) is 0 Å². The Kier molecular flexibility index (Phi) is 9.18. The lowest BCUT2D eigenvalue weighted by molar-refractivity contribution is 0.611. The van der Waals surface area contributed by atoms with Gasteiger partial charge in [-0.05, 0) is 18.9 Å². The molecule has 0 aliphatic rings. The quantitative estimate of drug-likeness (QED) is 0.271. The molecule has 0 aromatic heterocycles. The molecule has 0 N–H and O–H groups in total. The zero-order valence-electron chi connectivity index (χ0n) is 11.3. The first-order valence-corrected chi connectivity index (χ1v) is 10.4. The molecule has 0 aromatic rings. The van der Waals surface area contributed by atoms with Crippen LogP contribution in [0.5, 0.6) is 0 Å². The largest absolute Gasteiger partial charge is 0.0912 e. The van der Waals surface area contributed by atoms with E-state index < -0.39 is 8.07 Å². The van der Waals surface area contributed by atoms with Crippen LogP contribution in [0.25, 0.3) is 0 Å². The highest BCUT2D eigenvalue weighted by atomic mass is 28.3. The van der Waals surface area contributed by atoms with Gasteiger partial charge in [-0.2, -0.15) is 0 Å². The van der Waals surface area contributed by atoms with Gasteiger partial charge >= 0.3 is 0 Å². The van der Waals surface area contributed by atoms with Crippen molar-refractivity contribution in [1.82, 2.24) is 0 Å². The summed E-state index contributed by atoms with van der Waals surface area (Å²) >= 11 is 0. The van der Waals surface area contributed by atoms with Crippen molar-refractivity contribution in [3.8, 4) is 0 Å². The number of hydrogen-bond acceptors (Lipinski definition) is 0. The first kappa shape index (κ1) is 15.0. The van der Waals surface area contributed by atoms with Gasteiger partial charge in [-0.15, -0.1) is 0 Å². The third-order valence-electron chi connectivity index (χ3n) is 2.62. The topological polar surface area (TPSA) is 0 Å². The van der Waals surface area contributed by atoms with Crippen molar-refractivity contribution in [2.45, 2.75) is 77.6 Å². The molecule has 0 bridgehead atoms. The SMILES string of the molecule is CCCCCCCC/C=C\C[Si](C)(C)C. The summed E-state index contributed by atoms with van der Waals surface area (Å²) in [7, 11) is -0.830. The Morgan fingerprint density at radius 2 is 1.40 bits per heavy atom. The van der Waals surface area contributed by atoms with Gasteiger partial charge in [-0.25, -0.2) is 0 Å². The molecule has 0 atom stereocenters. The van der Waals surface area contributed by atoms with E-state index in [-0.39, 0.29) is 0 Å². The Morgan fingerprint density at radius 1 is 0.800 bits per heavy atom. The Labute approximate surface area is 98.2 Å². The molecule has 0 spiro atoms. The Bertz CT molecular complexity index is 153. The molecule has 0 rings (SSSR count). The average molecular weight is 226 g/mol. The molecule has 90 valence electrons. The Balaban J connectivity index is 3.17. The fourth-order valence-electron chi connectivity index (χ4n) is 1.60. The maximum absolute atomic E-state index is 2.43. The monoisotopic (exact) mass is 226 g/mol. The van der Waals surface area contributed by atoms with E-state index in [2.05, 4.69) is 38.7 Å². The van der Waals surface area contributed by atoms with Gasteiger partial charge in [0.1, 0.15) is 0 Å². The van der Waals surface area contributed by atoms with Crippen LogP contribution in [0.15, 0.2) is 12.2 Å². The van der Waals surface area contributed by atoms with Crippen LogP contribution in [0.3, 0.4) is 0 Å². The summed E-state index contributed by atoms with van der Waals surface area (Å²) in [5.74, 6) is 0. The van der Waals surface area contributed by atoms with Crippen LogP contribution in [0.1, 0.15) is 51.9 Å². The highest BCUT2D eigenvalue weighted by molar-refractivity contribution is 6.76. The van der Waals surface area contributed by atoms with E-state index in [9.17, 15) is 0 Å². The molecule has 0 nitrogen and oxygen atoms in total. The van der Waals surface area contributed by atoms with Crippen molar-refractivity contribution < 1.29 is 0 Å². The maximum atomic E-state index is 2.43. The fourth-order valence-corrected chi connectivity index (χ4v) is 2.47. The van der Waals surface area contributed by atoms with Gasteiger partial charge in [0.15, 0.2) is 0 Å². The third-order valence-corrected chi connectivity index (χ3v) is 4.08. The van der Waals surface area contributed by atoms with Crippen LogP contribution < -0.4 is 0 Å². The number of unbranched alkanes of at least 4 members (excludes halogenated alkanes) is 6. The number of allylic oxidation sites excluding steroid dienone is 2. The van der Waals surface area contributed by atoms with Crippen molar-refractivity contribution in [2.24, 2.45) is 0 Å². The zero-order chi connectivity index (χ0) is 11.6. The second-order valence-corrected chi connectivity index (χ2v) is 11.3. The first-order valence-electron chi connectivity index (χ1n) is 6.71. The molecule has 0 fully saturated rings. The lowest BCUT2D eigenvalue weighted by atomic mass is 10.1. The first-order chi connectivity index (χ1) is 7.06. The summed E-state index contributed by atoms with van der Waals surface area (Å²) < 4.78 is 0. The second kappa shape index (κ2) is 9.20. The standard InChI is InChI=1S/C14H30Si/c1-5-6-7-8-9-10-11-12-13-14-15(2,3)4/h12-13H,5-11,14H2,1-4H3/b13-12-. The molecular weight excluding hydrogens is 196 g/mol. The minimum atomic E-state index is -0.830. The molecule has 0 unspecified atom stereocenters. The van der Waals surface area contributed by atoms with E-state index in [0.29, 0.717) is 0 Å². The number of hydrogen-bond donors (Lipinski definition) is 0. The van der Waals surface area contributed by atoms with Gasteiger partial charge in [-0.3, -0.25) is 0 Å². The molecule has 0 saturated carbocycles. The predicted octanol–water partition coefficient (Wildman–Crippen LogP) is 5.63.